The van der Waals surface area contributed by atoms with Gasteiger partial charge in [-0.15, -0.1) is 0 Å². The molecule has 0 aliphatic heterocycles. The molecule has 0 aliphatic carbocycles. The van der Waals surface area contributed by atoms with Gasteiger partial charge in [0.05, 0.1) is 17.5 Å². The maximum absolute atomic E-state index is 14.1. The van der Waals surface area contributed by atoms with Crippen molar-refractivity contribution >= 4 is 17.4 Å². The Morgan fingerprint density at radius 1 is 1.02 bits per heavy atom. The molecule has 3 aromatic rings. The lowest BCUT2D eigenvalue weighted by molar-refractivity contribution is -0.140. The van der Waals surface area contributed by atoms with Gasteiger partial charge in [-0.05, 0) is 89.3 Å². The molecule has 232 valence electrons. The summed E-state index contributed by atoms with van der Waals surface area (Å²) in [5, 5.41) is 3.98. The number of oxime groups is 1. The number of unbranched alkanes of at least 4 members (excludes halogenated alkanes) is 1. The van der Waals surface area contributed by atoms with Crippen LogP contribution in [0.3, 0.4) is 0 Å². The summed E-state index contributed by atoms with van der Waals surface area (Å²) in [6.07, 6.45) is 10.9. The fourth-order valence-electron chi connectivity index (χ4n) is 4.93. The highest BCUT2D eigenvalue weighted by molar-refractivity contribution is 6.04. The maximum atomic E-state index is 14.1. The van der Waals surface area contributed by atoms with Gasteiger partial charge in [0.15, 0.2) is 0 Å². The van der Waals surface area contributed by atoms with Gasteiger partial charge < -0.3 is 9.57 Å². The van der Waals surface area contributed by atoms with Crippen molar-refractivity contribution in [3.63, 3.8) is 0 Å². The Kier molecular flexibility index (Phi) is 12.6. The molecule has 0 fully saturated rings. The minimum Gasteiger partial charge on any atom is -0.491 e. The van der Waals surface area contributed by atoms with E-state index in [1.54, 1.807) is 4.57 Å². The number of carbonyl (C=O) groups is 1. The van der Waals surface area contributed by atoms with Gasteiger partial charge in [-0.3, -0.25) is 9.36 Å². The lowest BCUT2D eigenvalue weighted by Crippen LogP contribution is -2.28. The molecular formula is C37H45N3O4. The molecule has 0 saturated carbocycles. The molecule has 0 unspecified atom stereocenters. The average Bonchev–Trinajstić information content (AvgIpc) is 3.01. The Bertz CT molecular complexity index is 1620. The second-order valence-corrected chi connectivity index (χ2v) is 10.9. The van der Waals surface area contributed by atoms with Crippen LogP contribution in [0.1, 0.15) is 89.5 Å². The molecule has 0 saturated heterocycles. The summed E-state index contributed by atoms with van der Waals surface area (Å²) < 4.78 is 7.55. The van der Waals surface area contributed by atoms with Gasteiger partial charge in [-0.25, -0.2) is 9.78 Å². The monoisotopic (exact) mass is 595 g/mol. The number of aromatic nitrogens is 2. The largest absolute Gasteiger partial charge is 0.491 e. The lowest BCUT2D eigenvalue weighted by Gasteiger charge is -2.17. The topological polar surface area (TPSA) is 82.8 Å². The van der Waals surface area contributed by atoms with E-state index < -0.39 is 5.97 Å². The fraction of sp³-hybridized carbons (Fsp3) is 0.351. The zero-order chi connectivity index (χ0) is 32.2. The van der Waals surface area contributed by atoms with E-state index in [1.807, 2.05) is 102 Å². The molecule has 0 radical (unpaired) electrons. The summed E-state index contributed by atoms with van der Waals surface area (Å²) in [5.41, 5.74) is 6.72. The van der Waals surface area contributed by atoms with Gasteiger partial charge in [-0.1, -0.05) is 73.1 Å². The van der Waals surface area contributed by atoms with Gasteiger partial charge in [0, 0.05) is 30.2 Å². The summed E-state index contributed by atoms with van der Waals surface area (Å²) in [4.78, 5) is 35.2. The molecule has 7 heteroatoms. The van der Waals surface area contributed by atoms with E-state index in [9.17, 15) is 9.59 Å². The summed E-state index contributed by atoms with van der Waals surface area (Å²) in [6, 6.07) is 16.1. The van der Waals surface area contributed by atoms with Crippen LogP contribution in [0.15, 0.2) is 88.5 Å². The molecule has 0 N–H and O–H groups in total. The van der Waals surface area contributed by atoms with Crippen LogP contribution in [-0.2, 0) is 27.2 Å². The number of nitrogens with zero attached hydrogens (tertiary/aromatic N) is 3. The van der Waals surface area contributed by atoms with Crippen molar-refractivity contribution in [2.75, 3.05) is 0 Å². The number of allylic oxidation sites excluding steroid dienone is 5. The molecule has 0 amide bonds. The number of hydrogen-bond donors (Lipinski definition) is 0. The minimum absolute atomic E-state index is 0.0493. The van der Waals surface area contributed by atoms with Crippen molar-refractivity contribution in [2.45, 2.75) is 87.2 Å². The number of hydrogen-bond acceptors (Lipinski definition) is 6. The fourth-order valence-corrected chi connectivity index (χ4v) is 4.93. The summed E-state index contributed by atoms with van der Waals surface area (Å²) >= 11 is 0. The molecule has 0 spiro atoms. The predicted octanol–water partition coefficient (Wildman–Crippen LogP) is 8.19. The van der Waals surface area contributed by atoms with E-state index in [0.717, 1.165) is 58.7 Å². The predicted molar refractivity (Wildman–Crippen MR) is 180 cm³/mol. The molecular weight excluding hydrogens is 550 g/mol. The first-order chi connectivity index (χ1) is 21.1. The third-order valence-corrected chi connectivity index (χ3v) is 7.10. The SMILES string of the molecule is C\C=C(/C=C\C(=C/C)n1c(C)nc(CCCC)c(Cc2ccc(-c3ccccc3/C(C)=N/OC(C)=O)cc2)c1=O)OC(C)C. The van der Waals surface area contributed by atoms with Crippen LogP contribution in [0.2, 0.25) is 0 Å². The highest BCUT2D eigenvalue weighted by atomic mass is 16.7. The summed E-state index contributed by atoms with van der Waals surface area (Å²) in [6.45, 7) is 15.0. The second-order valence-electron chi connectivity index (χ2n) is 10.9. The molecule has 1 aromatic heterocycles. The van der Waals surface area contributed by atoms with Crippen LogP contribution in [0.5, 0.6) is 0 Å². The Morgan fingerprint density at radius 3 is 2.34 bits per heavy atom. The third-order valence-electron chi connectivity index (χ3n) is 7.10. The van der Waals surface area contributed by atoms with Crippen molar-refractivity contribution in [2.24, 2.45) is 5.16 Å². The zero-order valence-electron chi connectivity index (χ0n) is 27.3. The molecule has 3 rings (SSSR count). The van der Waals surface area contributed by atoms with E-state index in [1.165, 1.54) is 6.92 Å². The Morgan fingerprint density at radius 2 is 1.73 bits per heavy atom. The van der Waals surface area contributed by atoms with Crippen LogP contribution in [0.25, 0.3) is 16.8 Å². The van der Waals surface area contributed by atoms with Gasteiger partial charge in [-0.2, -0.15) is 0 Å². The van der Waals surface area contributed by atoms with Crippen molar-refractivity contribution in [3.05, 3.63) is 117 Å². The smallest absolute Gasteiger partial charge is 0.331 e. The van der Waals surface area contributed by atoms with Gasteiger partial charge >= 0.3 is 5.97 Å². The lowest BCUT2D eigenvalue weighted by atomic mass is 9.95. The minimum atomic E-state index is -0.464. The first-order valence-electron chi connectivity index (χ1n) is 15.3. The first-order valence-corrected chi connectivity index (χ1v) is 15.3. The van der Waals surface area contributed by atoms with Crippen molar-refractivity contribution < 1.29 is 14.4 Å². The highest BCUT2D eigenvalue weighted by Crippen LogP contribution is 2.26. The van der Waals surface area contributed by atoms with Crippen LogP contribution < -0.4 is 5.56 Å². The standard InChI is InChI=1S/C37H45N3O4/c1-9-12-17-36-35(37(42)40(27(7)38-36)31(10-2)22-23-32(11-3)43-25(4)5)24-29-18-20-30(21-19-29)34-16-14-13-15-33(34)26(6)39-44-28(8)41/h10-11,13-16,18-23,25H,9,12,17,24H2,1-8H3/b23-22-,31-10+,32-11+,39-26+. The van der Waals surface area contributed by atoms with E-state index >= 15 is 0 Å². The zero-order valence-corrected chi connectivity index (χ0v) is 27.3. The van der Waals surface area contributed by atoms with E-state index in [2.05, 4.69) is 24.2 Å². The highest BCUT2D eigenvalue weighted by Gasteiger charge is 2.17. The normalized spacial score (nSPS) is 12.7. The van der Waals surface area contributed by atoms with Crippen molar-refractivity contribution in [1.29, 1.82) is 0 Å². The van der Waals surface area contributed by atoms with Gasteiger partial charge in [0.2, 0.25) is 0 Å². The van der Waals surface area contributed by atoms with Gasteiger partial charge in [0.25, 0.3) is 5.56 Å². The van der Waals surface area contributed by atoms with Crippen LogP contribution in [-0.4, -0.2) is 27.3 Å². The third kappa shape index (κ3) is 8.99. The molecule has 1 heterocycles. The van der Waals surface area contributed by atoms with Crippen LogP contribution in [0.4, 0.5) is 0 Å². The molecule has 0 bridgehead atoms. The molecule has 7 nitrogen and oxygen atoms in total. The average molecular weight is 596 g/mol. The molecule has 44 heavy (non-hydrogen) atoms. The Labute approximate surface area is 261 Å². The quantitative estimate of drug-likeness (QED) is 0.0654. The molecule has 0 atom stereocenters. The van der Waals surface area contributed by atoms with E-state index in [0.29, 0.717) is 23.5 Å². The molecule has 0 aliphatic rings. The van der Waals surface area contributed by atoms with Crippen LogP contribution >= 0.6 is 0 Å². The second kappa shape index (κ2) is 16.4. The van der Waals surface area contributed by atoms with Crippen molar-refractivity contribution in [3.8, 4) is 11.1 Å². The van der Waals surface area contributed by atoms with E-state index in [-0.39, 0.29) is 11.7 Å². The molecule has 2 aromatic carbocycles. The Balaban J connectivity index is 2.01. The number of carbonyl (C=O) groups excluding carboxylic acids is 1. The Hall–Kier alpha value is -4.52. The first kappa shape index (κ1) is 34.0. The summed E-state index contributed by atoms with van der Waals surface area (Å²) in [5.74, 6) is 0.939. The van der Waals surface area contributed by atoms with Crippen molar-refractivity contribution in [1.82, 2.24) is 9.55 Å². The summed E-state index contributed by atoms with van der Waals surface area (Å²) in [7, 11) is 0. The number of ether oxygens (including phenoxy) is 1. The van der Waals surface area contributed by atoms with E-state index in [4.69, 9.17) is 14.6 Å². The number of rotatable bonds is 13. The number of benzene rings is 2. The van der Waals surface area contributed by atoms with Crippen LogP contribution in [0, 0.1) is 6.92 Å². The van der Waals surface area contributed by atoms with Gasteiger partial charge in [0.1, 0.15) is 11.6 Å². The number of aryl methyl sites for hydroxylation is 2. The maximum Gasteiger partial charge on any atom is 0.331 e.